The van der Waals surface area contributed by atoms with Gasteiger partial charge in [-0.1, -0.05) is 36.4 Å². The molecule has 148 valence electrons. The van der Waals surface area contributed by atoms with Crippen LogP contribution in [0.1, 0.15) is 61.5 Å². The summed E-state index contributed by atoms with van der Waals surface area (Å²) in [5.74, 6) is 3.98. The summed E-state index contributed by atoms with van der Waals surface area (Å²) in [7, 11) is 3.44. The van der Waals surface area contributed by atoms with Crippen molar-refractivity contribution in [1.82, 2.24) is 0 Å². The zero-order chi connectivity index (χ0) is 19.5. The number of carbonyl (C=O) groups excluding carboxylic acids is 1. The maximum atomic E-state index is 13.2. The zero-order valence-electron chi connectivity index (χ0n) is 16.9. The van der Waals surface area contributed by atoms with E-state index in [0.717, 1.165) is 11.5 Å². The molecule has 0 aliphatic heterocycles. The number of carbonyl (C=O) groups is 1. The molecule has 0 amide bonds. The Balaban J connectivity index is 1.51. The first-order valence-electron chi connectivity index (χ1n) is 10.5. The fraction of sp³-hybridized carbons (Fsp3) is 0.480. The molecule has 3 nitrogen and oxygen atoms in total. The molecule has 0 bridgehead atoms. The van der Waals surface area contributed by atoms with E-state index in [1.165, 1.54) is 36.8 Å². The lowest BCUT2D eigenvalue weighted by Gasteiger charge is -2.22. The Bertz CT molecular complexity index is 753. The average Bonchev–Trinajstić information content (AvgIpc) is 3.63. The van der Waals surface area contributed by atoms with Gasteiger partial charge < -0.3 is 9.47 Å². The Hall–Kier alpha value is -2.29. The maximum absolute atomic E-state index is 13.2. The highest BCUT2D eigenvalue weighted by molar-refractivity contribution is 5.80. The highest BCUT2D eigenvalue weighted by Gasteiger charge is 2.38. The second-order valence-corrected chi connectivity index (χ2v) is 8.32. The molecule has 0 N–H and O–H groups in total. The Morgan fingerprint density at radius 3 is 1.54 bits per heavy atom. The van der Waals surface area contributed by atoms with Crippen LogP contribution in [0.4, 0.5) is 0 Å². The molecule has 0 spiro atoms. The summed E-state index contributed by atoms with van der Waals surface area (Å²) in [6, 6.07) is 16.4. The summed E-state index contributed by atoms with van der Waals surface area (Å²) >= 11 is 0. The minimum Gasteiger partial charge on any atom is -0.496 e. The van der Waals surface area contributed by atoms with Gasteiger partial charge in [0.15, 0.2) is 0 Å². The van der Waals surface area contributed by atoms with Crippen molar-refractivity contribution >= 4 is 5.78 Å². The molecule has 4 rings (SSSR count). The van der Waals surface area contributed by atoms with E-state index in [1.54, 1.807) is 14.2 Å². The quantitative estimate of drug-likeness (QED) is 0.529. The molecule has 2 saturated carbocycles. The first-order chi connectivity index (χ1) is 13.7. The Kier molecular flexibility index (Phi) is 5.70. The normalized spacial score (nSPS) is 18.4. The predicted octanol–water partition coefficient (Wildman–Crippen LogP) is 5.74. The Morgan fingerprint density at radius 1 is 0.786 bits per heavy atom. The number of Topliss-reactive ketones (excluding diaryl/α,β-unsaturated/α-hetero) is 1. The van der Waals surface area contributed by atoms with Crippen molar-refractivity contribution in [3.63, 3.8) is 0 Å². The van der Waals surface area contributed by atoms with Crippen LogP contribution in [0.5, 0.6) is 11.5 Å². The fourth-order valence-electron chi connectivity index (χ4n) is 4.58. The third-order valence-electron chi connectivity index (χ3n) is 6.35. The molecule has 2 aromatic carbocycles. The van der Waals surface area contributed by atoms with Crippen LogP contribution in [0.3, 0.4) is 0 Å². The number of rotatable bonds is 10. The highest BCUT2D eigenvalue weighted by Crippen LogP contribution is 2.50. The molecule has 2 aromatic rings. The van der Waals surface area contributed by atoms with Gasteiger partial charge in [-0.2, -0.15) is 0 Å². The van der Waals surface area contributed by atoms with Gasteiger partial charge in [0.05, 0.1) is 14.2 Å². The van der Waals surface area contributed by atoms with Crippen LogP contribution in [0.2, 0.25) is 0 Å². The fourth-order valence-corrected chi connectivity index (χ4v) is 4.58. The first kappa shape index (κ1) is 19.0. The van der Waals surface area contributed by atoms with Crippen molar-refractivity contribution in [2.75, 3.05) is 14.2 Å². The monoisotopic (exact) mass is 378 g/mol. The number of hydrogen-bond donors (Lipinski definition) is 0. The van der Waals surface area contributed by atoms with Gasteiger partial charge in [0.2, 0.25) is 0 Å². The lowest BCUT2D eigenvalue weighted by Crippen LogP contribution is -2.15. The van der Waals surface area contributed by atoms with E-state index in [9.17, 15) is 4.79 Å². The van der Waals surface area contributed by atoms with E-state index in [-0.39, 0.29) is 11.8 Å². The van der Waals surface area contributed by atoms with Crippen LogP contribution < -0.4 is 9.47 Å². The van der Waals surface area contributed by atoms with Crippen molar-refractivity contribution < 1.29 is 14.3 Å². The van der Waals surface area contributed by atoms with E-state index in [2.05, 4.69) is 24.3 Å². The van der Waals surface area contributed by atoms with Crippen molar-refractivity contribution in [1.29, 1.82) is 0 Å². The summed E-state index contributed by atoms with van der Waals surface area (Å²) in [4.78, 5) is 13.2. The number of ketones is 1. The number of hydrogen-bond acceptors (Lipinski definition) is 3. The molecular formula is C25H30O3. The molecule has 2 aliphatic carbocycles. The number of benzene rings is 2. The summed E-state index contributed by atoms with van der Waals surface area (Å²) in [5, 5.41) is 0. The molecule has 2 fully saturated rings. The van der Waals surface area contributed by atoms with Crippen LogP contribution in [-0.2, 0) is 4.79 Å². The van der Waals surface area contributed by atoms with E-state index in [0.29, 0.717) is 30.5 Å². The number of methoxy groups -OCH3 is 2. The van der Waals surface area contributed by atoms with E-state index < -0.39 is 0 Å². The van der Waals surface area contributed by atoms with Crippen LogP contribution in [-0.4, -0.2) is 20.0 Å². The van der Waals surface area contributed by atoms with Crippen LogP contribution >= 0.6 is 0 Å². The van der Waals surface area contributed by atoms with Crippen LogP contribution in [0.15, 0.2) is 48.5 Å². The van der Waals surface area contributed by atoms with Crippen molar-refractivity contribution in [2.45, 2.75) is 50.4 Å². The maximum Gasteiger partial charge on any atom is 0.134 e. The van der Waals surface area contributed by atoms with Crippen LogP contribution in [0.25, 0.3) is 0 Å². The topological polar surface area (TPSA) is 35.5 Å². The second kappa shape index (κ2) is 8.38. The summed E-state index contributed by atoms with van der Waals surface area (Å²) in [5.41, 5.74) is 2.39. The largest absolute Gasteiger partial charge is 0.496 e. The lowest BCUT2D eigenvalue weighted by atomic mass is 9.83. The molecule has 0 saturated heterocycles. The smallest absolute Gasteiger partial charge is 0.134 e. The van der Waals surface area contributed by atoms with Crippen molar-refractivity contribution in [3.05, 3.63) is 59.7 Å². The van der Waals surface area contributed by atoms with Crippen molar-refractivity contribution in [3.8, 4) is 11.5 Å². The van der Waals surface area contributed by atoms with Gasteiger partial charge in [0, 0.05) is 12.8 Å². The molecular weight excluding hydrogens is 348 g/mol. The number of ether oxygens (including phenoxy) is 2. The molecule has 28 heavy (non-hydrogen) atoms. The molecule has 2 aliphatic rings. The van der Waals surface area contributed by atoms with Gasteiger partial charge in [-0.15, -0.1) is 0 Å². The SMILES string of the molecule is COc1ccccc1[C@@H](CC(=O)C[C@@H](c1ccccc1OC)C1CC1)C1CC1. The highest BCUT2D eigenvalue weighted by atomic mass is 16.5. The van der Waals surface area contributed by atoms with Gasteiger partial charge >= 0.3 is 0 Å². The summed E-state index contributed by atoms with van der Waals surface area (Å²) in [6.07, 6.45) is 6.10. The summed E-state index contributed by atoms with van der Waals surface area (Å²) < 4.78 is 11.2. The predicted molar refractivity (Wildman–Crippen MR) is 111 cm³/mol. The van der Waals surface area contributed by atoms with Gasteiger partial charge in [0.25, 0.3) is 0 Å². The second-order valence-electron chi connectivity index (χ2n) is 8.32. The van der Waals surface area contributed by atoms with Gasteiger partial charge in [-0.3, -0.25) is 4.79 Å². The Morgan fingerprint density at radius 2 is 1.18 bits per heavy atom. The van der Waals surface area contributed by atoms with E-state index >= 15 is 0 Å². The van der Waals surface area contributed by atoms with Gasteiger partial charge in [-0.25, -0.2) is 0 Å². The summed E-state index contributed by atoms with van der Waals surface area (Å²) in [6.45, 7) is 0. The minimum atomic E-state index is 0.279. The molecule has 0 radical (unpaired) electrons. The standard InChI is InChI=1S/C25H30O3/c1-27-24-9-5-3-7-20(24)22(17-11-12-17)15-19(26)16-23(18-13-14-18)21-8-4-6-10-25(21)28-2/h3-10,17-18,22-23H,11-16H2,1-2H3/t22-,23+. The molecule has 0 aromatic heterocycles. The average molecular weight is 379 g/mol. The van der Waals surface area contributed by atoms with Gasteiger partial charge in [-0.05, 0) is 72.6 Å². The first-order valence-corrected chi connectivity index (χ1v) is 10.5. The molecule has 0 heterocycles. The molecule has 0 unspecified atom stereocenters. The zero-order valence-corrected chi connectivity index (χ0v) is 16.9. The third-order valence-corrected chi connectivity index (χ3v) is 6.35. The third kappa shape index (κ3) is 4.24. The van der Waals surface area contributed by atoms with E-state index in [4.69, 9.17) is 9.47 Å². The van der Waals surface area contributed by atoms with Gasteiger partial charge in [0.1, 0.15) is 17.3 Å². The number of para-hydroxylation sites is 2. The lowest BCUT2D eigenvalue weighted by molar-refractivity contribution is -0.120. The minimum absolute atomic E-state index is 0.279. The molecule has 3 heteroatoms. The van der Waals surface area contributed by atoms with Crippen LogP contribution in [0, 0.1) is 11.8 Å². The Labute approximate surface area is 168 Å². The van der Waals surface area contributed by atoms with E-state index in [1.807, 2.05) is 24.3 Å². The molecule has 2 atom stereocenters. The van der Waals surface area contributed by atoms with Crippen molar-refractivity contribution in [2.24, 2.45) is 11.8 Å².